The van der Waals surface area contributed by atoms with E-state index in [0.717, 1.165) is 24.3 Å². The molecule has 0 amide bonds. The minimum absolute atomic E-state index is 0.186. The fraction of sp³-hybridized carbons (Fsp3) is 0.500. The Morgan fingerprint density at radius 1 is 1.44 bits per heavy atom. The summed E-state index contributed by atoms with van der Waals surface area (Å²) < 4.78 is 5.76. The third-order valence-corrected chi connectivity index (χ3v) is 3.28. The fourth-order valence-corrected chi connectivity index (χ4v) is 2.75. The van der Waals surface area contributed by atoms with Crippen LogP contribution in [0.4, 0.5) is 0 Å². The summed E-state index contributed by atoms with van der Waals surface area (Å²) in [6.45, 7) is 5.06. The first-order chi connectivity index (χ1) is 7.61. The smallest absolute Gasteiger partial charge is 0.127 e. The molecule has 2 rings (SSSR count). The molecule has 1 aromatic carbocycles. The zero-order valence-corrected chi connectivity index (χ0v) is 10.9. The van der Waals surface area contributed by atoms with Gasteiger partial charge in [-0.1, -0.05) is 30.1 Å². The molecule has 1 aliphatic heterocycles. The van der Waals surface area contributed by atoms with Crippen LogP contribution in [0.2, 0.25) is 10.0 Å². The monoisotopic (exact) mass is 259 g/mol. The first-order valence-electron chi connectivity index (χ1n) is 5.50. The average molecular weight is 260 g/mol. The van der Waals surface area contributed by atoms with E-state index in [1.54, 1.807) is 6.07 Å². The molecule has 1 N–H and O–H groups in total. The molecule has 0 bridgehead atoms. The minimum Gasteiger partial charge on any atom is -0.490 e. The van der Waals surface area contributed by atoms with E-state index < -0.39 is 0 Å². The summed E-state index contributed by atoms with van der Waals surface area (Å²) in [7, 11) is 0. The number of rotatable bonds is 2. The SMILES string of the molecule is CCNC1CC(C)Oc2cc(Cl)cc(Cl)c21. The van der Waals surface area contributed by atoms with Crippen LogP contribution in [0.1, 0.15) is 31.9 Å². The van der Waals surface area contributed by atoms with Crippen molar-refractivity contribution in [3.05, 3.63) is 27.7 Å². The van der Waals surface area contributed by atoms with E-state index in [-0.39, 0.29) is 12.1 Å². The minimum atomic E-state index is 0.186. The summed E-state index contributed by atoms with van der Waals surface area (Å²) >= 11 is 12.2. The van der Waals surface area contributed by atoms with Crippen LogP contribution in [0.25, 0.3) is 0 Å². The van der Waals surface area contributed by atoms with E-state index >= 15 is 0 Å². The number of fused-ring (bicyclic) bond motifs is 1. The van der Waals surface area contributed by atoms with E-state index in [4.69, 9.17) is 27.9 Å². The second-order valence-corrected chi connectivity index (χ2v) is 4.92. The van der Waals surface area contributed by atoms with Crippen molar-refractivity contribution in [2.45, 2.75) is 32.4 Å². The highest BCUT2D eigenvalue weighted by Crippen LogP contribution is 2.41. The standard InChI is InChI=1S/C12H15Cl2NO/c1-3-15-10-4-7(2)16-11-6-8(13)5-9(14)12(10)11/h5-7,10,15H,3-4H2,1-2H3. The summed E-state index contributed by atoms with van der Waals surface area (Å²) in [6.07, 6.45) is 1.12. The molecule has 0 aromatic heterocycles. The van der Waals surface area contributed by atoms with Crippen molar-refractivity contribution in [1.29, 1.82) is 0 Å². The van der Waals surface area contributed by atoms with Gasteiger partial charge in [0.25, 0.3) is 0 Å². The number of halogens is 2. The number of nitrogens with one attached hydrogen (secondary N) is 1. The molecule has 4 heteroatoms. The molecule has 0 spiro atoms. The maximum atomic E-state index is 6.22. The van der Waals surface area contributed by atoms with E-state index in [2.05, 4.69) is 19.2 Å². The maximum absolute atomic E-state index is 6.22. The summed E-state index contributed by atoms with van der Waals surface area (Å²) in [5, 5.41) is 4.72. The van der Waals surface area contributed by atoms with Gasteiger partial charge in [0.15, 0.2) is 0 Å². The third-order valence-electron chi connectivity index (χ3n) is 2.75. The fourth-order valence-electron chi connectivity index (χ4n) is 2.14. The second kappa shape index (κ2) is 4.82. The second-order valence-electron chi connectivity index (χ2n) is 4.07. The van der Waals surface area contributed by atoms with Gasteiger partial charge in [-0.15, -0.1) is 0 Å². The van der Waals surface area contributed by atoms with Crippen LogP contribution in [-0.4, -0.2) is 12.6 Å². The van der Waals surface area contributed by atoms with Crippen LogP contribution in [0, 0.1) is 0 Å². The van der Waals surface area contributed by atoms with Crippen LogP contribution in [0.3, 0.4) is 0 Å². The van der Waals surface area contributed by atoms with Crippen LogP contribution in [0.15, 0.2) is 12.1 Å². The molecule has 0 aliphatic carbocycles. The molecule has 1 aromatic rings. The van der Waals surface area contributed by atoms with E-state index in [1.807, 2.05) is 6.07 Å². The highest BCUT2D eigenvalue weighted by Gasteiger charge is 2.27. The van der Waals surface area contributed by atoms with Gasteiger partial charge in [-0.25, -0.2) is 0 Å². The Kier molecular flexibility index (Phi) is 3.63. The van der Waals surface area contributed by atoms with Crippen LogP contribution < -0.4 is 10.1 Å². The van der Waals surface area contributed by atoms with Crippen LogP contribution in [-0.2, 0) is 0 Å². The molecule has 2 nitrogen and oxygen atoms in total. The Balaban J connectivity index is 2.44. The highest BCUT2D eigenvalue weighted by molar-refractivity contribution is 6.35. The Labute approximate surface area is 106 Å². The van der Waals surface area contributed by atoms with Gasteiger partial charge < -0.3 is 10.1 Å². The third kappa shape index (κ3) is 2.29. The van der Waals surface area contributed by atoms with Gasteiger partial charge in [0.2, 0.25) is 0 Å². The average Bonchev–Trinajstić information content (AvgIpc) is 2.15. The van der Waals surface area contributed by atoms with Gasteiger partial charge in [-0.05, 0) is 25.6 Å². The van der Waals surface area contributed by atoms with Crippen molar-refractivity contribution in [2.75, 3.05) is 6.54 Å². The summed E-state index contributed by atoms with van der Waals surface area (Å²) in [5.74, 6) is 0.808. The number of benzene rings is 1. The highest BCUT2D eigenvalue weighted by atomic mass is 35.5. The summed E-state index contributed by atoms with van der Waals surface area (Å²) in [5.41, 5.74) is 1.03. The number of ether oxygens (including phenoxy) is 1. The van der Waals surface area contributed by atoms with E-state index in [9.17, 15) is 0 Å². The Morgan fingerprint density at radius 2 is 2.19 bits per heavy atom. The van der Waals surface area contributed by atoms with Crippen molar-refractivity contribution in [1.82, 2.24) is 5.32 Å². The van der Waals surface area contributed by atoms with Crippen LogP contribution in [0.5, 0.6) is 5.75 Å². The largest absolute Gasteiger partial charge is 0.490 e. The number of hydrogen-bond acceptors (Lipinski definition) is 2. The van der Waals surface area contributed by atoms with E-state index in [1.165, 1.54) is 0 Å². The normalized spacial score (nSPS) is 23.8. The lowest BCUT2D eigenvalue weighted by molar-refractivity contribution is 0.167. The molecule has 0 radical (unpaired) electrons. The molecule has 0 saturated heterocycles. The van der Waals surface area contributed by atoms with Crippen molar-refractivity contribution in [3.63, 3.8) is 0 Å². The lowest BCUT2D eigenvalue weighted by Crippen LogP contribution is -2.31. The van der Waals surface area contributed by atoms with Gasteiger partial charge in [0, 0.05) is 23.0 Å². The van der Waals surface area contributed by atoms with Gasteiger partial charge >= 0.3 is 0 Å². The van der Waals surface area contributed by atoms with Gasteiger partial charge in [-0.3, -0.25) is 0 Å². The van der Waals surface area contributed by atoms with E-state index in [0.29, 0.717) is 10.0 Å². The first kappa shape index (κ1) is 12.0. The molecule has 2 atom stereocenters. The Morgan fingerprint density at radius 3 is 2.88 bits per heavy atom. The molecular formula is C12H15Cl2NO. The predicted octanol–water partition coefficient (Wildman–Crippen LogP) is 3.82. The van der Waals surface area contributed by atoms with Crippen molar-refractivity contribution in [2.24, 2.45) is 0 Å². The Hall–Kier alpha value is -0.440. The molecule has 16 heavy (non-hydrogen) atoms. The van der Waals surface area contributed by atoms with Crippen LogP contribution >= 0.6 is 23.2 Å². The predicted molar refractivity (Wildman–Crippen MR) is 67.6 cm³/mol. The lowest BCUT2D eigenvalue weighted by atomic mass is 9.97. The van der Waals surface area contributed by atoms with Gasteiger partial charge in [0.05, 0.1) is 11.1 Å². The molecular weight excluding hydrogens is 245 g/mol. The molecule has 2 unspecified atom stereocenters. The lowest BCUT2D eigenvalue weighted by Gasteiger charge is -2.31. The topological polar surface area (TPSA) is 21.3 Å². The first-order valence-corrected chi connectivity index (χ1v) is 6.26. The van der Waals surface area contributed by atoms with Crippen molar-refractivity contribution in [3.8, 4) is 5.75 Å². The molecule has 1 heterocycles. The quantitative estimate of drug-likeness (QED) is 0.872. The van der Waals surface area contributed by atoms with Crippen molar-refractivity contribution < 1.29 is 4.74 Å². The zero-order chi connectivity index (χ0) is 11.7. The summed E-state index contributed by atoms with van der Waals surface area (Å²) in [4.78, 5) is 0. The molecule has 0 saturated carbocycles. The molecule has 1 aliphatic rings. The summed E-state index contributed by atoms with van der Waals surface area (Å²) in [6, 6.07) is 3.86. The van der Waals surface area contributed by atoms with Gasteiger partial charge in [0.1, 0.15) is 5.75 Å². The number of hydrogen-bond donors (Lipinski definition) is 1. The zero-order valence-electron chi connectivity index (χ0n) is 9.39. The molecule has 0 fully saturated rings. The van der Waals surface area contributed by atoms with Crippen molar-refractivity contribution >= 4 is 23.2 Å². The molecule has 88 valence electrons. The van der Waals surface area contributed by atoms with Gasteiger partial charge in [-0.2, -0.15) is 0 Å². The Bertz CT molecular complexity index is 395. The maximum Gasteiger partial charge on any atom is 0.127 e.